The summed E-state index contributed by atoms with van der Waals surface area (Å²) in [6.07, 6.45) is 3.85. The summed E-state index contributed by atoms with van der Waals surface area (Å²) in [6.45, 7) is 2.11. The Balaban J connectivity index is 2.45. The second-order valence-corrected chi connectivity index (χ2v) is 4.50. The van der Waals surface area contributed by atoms with E-state index in [9.17, 15) is 9.18 Å². The SMILES string of the molecule is CCCCCc1cc2ccc(OC)c(F)c2c(=O)o1. The Morgan fingerprint density at radius 3 is 2.79 bits per heavy atom. The zero-order valence-corrected chi connectivity index (χ0v) is 11.2. The van der Waals surface area contributed by atoms with E-state index < -0.39 is 11.4 Å². The van der Waals surface area contributed by atoms with Crippen molar-refractivity contribution < 1.29 is 13.5 Å². The van der Waals surface area contributed by atoms with Crippen LogP contribution in [0.4, 0.5) is 4.39 Å². The molecule has 0 bridgehead atoms. The first kappa shape index (κ1) is 13.6. The van der Waals surface area contributed by atoms with E-state index in [-0.39, 0.29) is 11.1 Å². The molecule has 2 rings (SSSR count). The fraction of sp³-hybridized carbons (Fsp3) is 0.400. The summed E-state index contributed by atoms with van der Waals surface area (Å²) in [5.41, 5.74) is -0.639. The zero-order chi connectivity index (χ0) is 13.8. The van der Waals surface area contributed by atoms with Crippen molar-refractivity contribution in [1.82, 2.24) is 0 Å². The Hall–Kier alpha value is -1.84. The molecule has 0 amide bonds. The Labute approximate surface area is 111 Å². The Kier molecular flexibility index (Phi) is 4.20. The fourth-order valence-electron chi connectivity index (χ4n) is 2.10. The molecule has 0 saturated heterocycles. The number of unbranched alkanes of at least 4 members (excludes halogenated alkanes) is 2. The van der Waals surface area contributed by atoms with Gasteiger partial charge in [0.2, 0.25) is 0 Å². The van der Waals surface area contributed by atoms with Crippen LogP contribution in [-0.4, -0.2) is 7.11 Å². The summed E-state index contributed by atoms with van der Waals surface area (Å²) >= 11 is 0. The summed E-state index contributed by atoms with van der Waals surface area (Å²) in [4.78, 5) is 11.9. The third-order valence-corrected chi connectivity index (χ3v) is 3.13. The number of fused-ring (bicyclic) bond motifs is 1. The monoisotopic (exact) mass is 264 g/mol. The lowest BCUT2D eigenvalue weighted by atomic mass is 10.1. The predicted octanol–water partition coefficient (Wildman–Crippen LogP) is 3.67. The predicted molar refractivity (Wildman–Crippen MR) is 72.2 cm³/mol. The number of halogens is 1. The molecule has 0 aliphatic heterocycles. The van der Waals surface area contributed by atoms with Crippen LogP contribution in [-0.2, 0) is 6.42 Å². The number of methoxy groups -OCH3 is 1. The molecule has 1 heterocycles. The minimum Gasteiger partial charge on any atom is -0.494 e. The number of hydrogen-bond acceptors (Lipinski definition) is 3. The normalized spacial score (nSPS) is 10.9. The highest BCUT2D eigenvalue weighted by molar-refractivity contribution is 5.83. The van der Waals surface area contributed by atoms with Gasteiger partial charge in [-0.3, -0.25) is 0 Å². The zero-order valence-electron chi connectivity index (χ0n) is 11.2. The van der Waals surface area contributed by atoms with Gasteiger partial charge in [-0.1, -0.05) is 25.8 Å². The van der Waals surface area contributed by atoms with Crippen LogP contribution >= 0.6 is 0 Å². The molecule has 1 aromatic carbocycles. The molecule has 0 spiro atoms. The summed E-state index contributed by atoms with van der Waals surface area (Å²) in [6, 6.07) is 4.93. The molecule has 1 aromatic heterocycles. The number of aryl methyl sites for hydroxylation is 1. The summed E-state index contributed by atoms with van der Waals surface area (Å²) in [5.74, 6) is 0.00269. The van der Waals surface area contributed by atoms with Gasteiger partial charge >= 0.3 is 5.63 Å². The largest absolute Gasteiger partial charge is 0.494 e. The van der Waals surface area contributed by atoms with Crippen molar-refractivity contribution in [2.24, 2.45) is 0 Å². The number of benzene rings is 1. The molecular weight excluding hydrogens is 247 g/mol. The van der Waals surface area contributed by atoms with Gasteiger partial charge in [-0.25, -0.2) is 9.18 Å². The van der Waals surface area contributed by atoms with Crippen LogP contribution in [0.2, 0.25) is 0 Å². The third-order valence-electron chi connectivity index (χ3n) is 3.13. The first-order valence-electron chi connectivity index (χ1n) is 6.46. The Bertz CT molecular complexity index is 631. The molecule has 0 atom stereocenters. The van der Waals surface area contributed by atoms with Crippen LogP contribution in [0, 0.1) is 5.82 Å². The van der Waals surface area contributed by atoms with Crippen LogP contribution in [0.1, 0.15) is 31.9 Å². The maximum atomic E-state index is 14.0. The van der Waals surface area contributed by atoms with E-state index in [0.717, 1.165) is 19.3 Å². The highest BCUT2D eigenvalue weighted by Crippen LogP contribution is 2.24. The molecule has 0 saturated carbocycles. The lowest BCUT2D eigenvalue weighted by molar-refractivity contribution is 0.387. The highest BCUT2D eigenvalue weighted by atomic mass is 19.1. The van der Waals surface area contributed by atoms with Gasteiger partial charge in [-0.2, -0.15) is 0 Å². The topological polar surface area (TPSA) is 39.4 Å². The van der Waals surface area contributed by atoms with Crippen molar-refractivity contribution in [2.75, 3.05) is 7.11 Å². The number of rotatable bonds is 5. The van der Waals surface area contributed by atoms with Crippen LogP contribution in [0.3, 0.4) is 0 Å². The van der Waals surface area contributed by atoms with Gasteiger partial charge in [-0.15, -0.1) is 0 Å². The van der Waals surface area contributed by atoms with E-state index in [4.69, 9.17) is 9.15 Å². The summed E-state index contributed by atoms with van der Waals surface area (Å²) < 4.78 is 24.0. The highest BCUT2D eigenvalue weighted by Gasteiger charge is 2.13. The number of ether oxygens (including phenoxy) is 1. The lowest BCUT2D eigenvalue weighted by Gasteiger charge is -2.06. The first-order chi connectivity index (χ1) is 9.17. The van der Waals surface area contributed by atoms with Gasteiger partial charge in [0.05, 0.1) is 7.11 Å². The second-order valence-electron chi connectivity index (χ2n) is 4.50. The Morgan fingerprint density at radius 2 is 2.11 bits per heavy atom. The molecule has 0 N–H and O–H groups in total. The molecule has 0 radical (unpaired) electrons. The van der Waals surface area contributed by atoms with Crippen LogP contribution in [0.15, 0.2) is 27.4 Å². The van der Waals surface area contributed by atoms with Crippen LogP contribution < -0.4 is 10.4 Å². The Morgan fingerprint density at radius 1 is 1.32 bits per heavy atom. The average Bonchev–Trinajstić information content (AvgIpc) is 2.39. The van der Waals surface area contributed by atoms with Crippen LogP contribution in [0.5, 0.6) is 5.75 Å². The quantitative estimate of drug-likeness (QED) is 0.773. The maximum Gasteiger partial charge on any atom is 0.346 e. The molecule has 19 heavy (non-hydrogen) atoms. The fourth-order valence-corrected chi connectivity index (χ4v) is 2.10. The summed E-state index contributed by atoms with van der Waals surface area (Å²) in [5, 5.41) is 0.514. The van der Waals surface area contributed by atoms with Gasteiger partial charge in [0.15, 0.2) is 11.6 Å². The molecular formula is C15H17FO3. The molecule has 0 aliphatic carbocycles. The van der Waals surface area contributed by atoms with Crippen molar-refractivity contribution >= 4 is 10.8 Å². The molecule has 3 nitrogen and oxygen atoms in total. The minimum atomic E-state index is -0.658. The van der Waals surface area contributed by atoms with E-state index >= 15 is 0 Å². The van der Waals surface area contributed by atoms with E-state index in [1.54, 1.807) is 12.1 Å². The standard InChI is InChI=1S/C15H17FO3/c1-3-4-5-6-11-9-10-7-8-12(18-2)14(16)13(10)15(17)19-11/h7-9H,3-6H2,1-2H3. The van der Waals surface area contributed by atoms with Crippen molar-refractivity contribution in [3.8, 4) is 5.75 Å². The van der Waals surface area contributed by atoms with Gasteiger partial charge in [0.25, 0.3) is 0 Å². The van der Waals surface area contributed by atoms with Gasteiger partial charge < -0.3 is 9.15 Å². The number of hydrogen-bond donors (Lipinski definition) is 0. The molecule has 0 unspecified atom stereocenters. The molecule has 4 heteroatoms. The van der Waals surface area contributed by atoms with E-state index in [2.05, 4.69) is 6.92 Å². The van der Waals surface area contributed by atoms with Crippen molar-refractivity contribution in [3.05, 3.63) is 40.2 Å². The van der Waals surface area contributed by atoms with Crippen LogP contribution in [0.25, 0.3) is 10.8 Å². The van der Waals surface area contributed by atoms with E-state index in [1.807, 2.05) is 0 Å². The smallest absolute Gasteiger partial charge is 0.346 e. The van der Waals surface area contributed by atoms with Crippen molar-refractivity contribution in [1.29, 1.82) is 0 Å². The minimum absolute atomic E-state index is 0.0430. The summed E-state index contributed by atoms with van der Waals surface area (Å²) in [7, 11) is 1.37. The van der Waals surface area contributed by atoms with E-state index in [0.29, 0.717) is 17.6 Å². The average molecular weight is 264 g/mol. The lowest BCUT2D eigenvalue weighted by Crippen LogP contribution is -2.05. The molecule has 0 aliphatic rings. The molecule has 102 valence electrons. The molecule has 2 aromatic rings. The first-order valence-corrected chi connectivity index (χ1v) is 6.46. The maximum absolute atomic E-state index is 14.0. The molecule has 0 fully saturated rings. The second kappa shape index (κ2) is 5.87. The van der Waals surface area contributed by atoms with Gasteiger partial charge in [0, 0.05) is 6.42 Å². The van der Waals surface area contributed by atoms with Crippen molar-refractivity contribution in [2.45, 2.75) is 32.6 Å². The van der Waals surface area contributed by atoms with Gasteiger partial charge in [0.1, 0.15) is 11.1 Å². The van der Waals surface area contributed by atoms with Gasteiger partial charge in [-0.05, 0) is 23.9 Å². The third kappa shape index (κ3) is 2.78. The van der Waals surface area contributed by atoms with E-state index in [1.165, 1.54) is 13.2 Å². The van der Waals surface area contributed by atoms with Crippen molar-refractivity contribution in [3.63, 3.8) is 0 Å².